The van der Waals surface area contributed by atoms with E-state index in [0.29, 0.717) is 6.04 Å². The fourth-order valence-corrected chi connectivity index (χ4v) is 2.45. The highest BCUT2D eigenvalue weighted by Gasteiger charge is 2.25. The number of fused-ring (bicyclic) bond motifs is 1. The molecule has 0 bridgehead atoms. The monoisotopic (exact) mass is 249 g/mol. The summed E-state index contributed by atoms with van der Waals surface area (Å²) in [7, 11) is 0. The van der Waals surface area contributed by atoms with Crippen LogP contribution in [-0.4, -0.2) is 41.8 Å². The summed E-state index contributed by atoms with van der Waals surface area (Å²) in [5.41, 5.74) is 1.31. The van der Waals surface area contributed by atoms with Gasteiger partial charge in [-0.3, -0.25) is 4.90 Å². The second-order valence-electron chi connectivity index (χ2n) is 5.22. The number of hydrogen-bond donors (Lipinski definition) is 1. The van der Waals surface area contributed by atoms with Crippen LogP contribution < -0.4 is 4.74 Å². The molecule has 0 fully saturated rings. The van der Waals surface area contributed by atoms with Crippen LogP contribution in [0.4, 0.5) is 0 Å². The van der Waals surface area contributed by atoms with E-state index in [1.165, 1.54) is 5.56 Å². The van der Waals surface area contributed by atoms with E-state index >= 15 is 0 Å². The van der Waals surface area contributed by atoms with Crippen LogP contribution in [0, 0.1) is 0 Å². The molecule has 0 aromatic heterocycles. The molecule has 100 valence electrons. The van der Waals surface area contributed by atoms with E-state index in [-0.39, 0.29) is 12.7 Å². The minimum Gasteiger partial charge on any atom is -0.488 e. The van der Waals surface area contributed by atoms with Crippen LogP contribution in [0.15, 0.2) is 24.3 Å². The van der Waals surface area contributed by atoms with Gasteiger partial charge in [0.25, 0.3) is 0 Å². The lowest BCUT2D eigenvalue weighted by atomic mass is 10.1. The number of aliphatic hydroxyl groups excluding tert-OH is 1. The molecule has 1 atom stereocenters. The van der Waals surface area contributed by atoms with Crippen LogP contribution in [0.3, 0.4) is 0 Å². The van der Waals surface area contributed by atoms with Crippen LogP contribution in [0.1, 0.15) is 25.8 Å². The van der Waals surface area contributed by atoms with Crippen molar-refractivity contribution in [1.29, 1.82) is 0 Å². The number of nitrogens with zero attached hydrogens (tertiary/aromatic N) is 1. The Morgan fingerprint density at radius 2 is 2.17 bits per heavy atom. The zero-order valence-corrected chi connectivity index (χ0v) is 11.3. The molecule has 1 aliphatic heterocycles. The average Bonchev–Trinajstić information content (AvgIpc) is 2.76. The molecule has 1 unspecified atom stereocenters. The van der Waals surface area contributed by atoms with Gasteiger partial charge in [-0.2, -0.15) is 0 Å². The van der Waals surface area contributed by atoms with Crippen molar-refractivity contribution in [2.45, 2.75) is 38.8 Å². The number of aliphatic hydroxyl groups is 1. The van der Waals surface area contributed by atoms with E-state index in [0.717, 1.165) is 31.7 Å². The fourth-order valence-electron chi connectivity index (χ4n) is 2.45. The third-order valence-corrected chi connectivity index (χ3v) is 3.49. The molecule has 1 aromatic rings. The van der Waals surface area contributed by atoms with Crippen LogP contribution >= 0.6 is 0 Å². The van der Waals surface area contributed by atoms with Crippen molar-refractivity contribution in [3.8, 4) is 5.75 Å². The Morgan fingerprint density at radius 3 is 2.83 bits per heavy atom. The fraction of sp³-hybridized carbons (Fsp3) is 0.600. The summed E-state index contributed by atoms with van der Waals surface area (Å²) in [4.78, 5) is 2.38. The highest BCUT2D eigenvalue weighted by molar-refractivity contribution is 5.37. The SMILES string of the molecule is CC(C)N(CCCO)CC1Cc2ccccc2O1. The summed E-state index contributed by atoms with van der Waals surface area (Å²) >= 11 is 0. The molecule has 1 aliphatic rings. The molecule has 3 nitrogen and oxygen atoms in total. The summed E-state index contributed by atoms with van der Waals surface area (Å²) in [6, 6.07) is 8.76. The van der Waals surface area contributed by atoms with Crippen molar-refractivity contribution in [2.24, 2.45) is 0 Å². The van der Waals surface area contributed by atoms with Crippen molar-refractivity contribution in [3.05, 3.63) is 29.8 Å². The molecular weight excluding hydrogens is 226 g/mol. The van der Waals surface area contributed by atoms with Gasteiger partial charge in [0.05, 0.1) is 0 Å². The smallest absolute Gasteiger partial charge is 0.123 e. The molecule has 1 aromatic carbocycles. The van der Waals surface area contributed by atoms with E-state index in [9.17, 15) is 0 Å². The van der Waals surface area contributed by atoms with E-state index < -0.39 is 0 Å². The molecule has 18 heavy (non-hydrogen) atoms. The van der Waals surface area contributed by atoms with Crippen molar-refractivity contribution < 1.29 is 9.84 Å². The van der Waals surface area contributed by atoms with Crippen molar-refractivity contribution in [3.63, 3.8) is 0 Å². The van der Waals surface area contributed by atoms with Gasteiger partial charge >= 0.3 is 0 Å². The molecule has 3 heteroatoms. The maximum atomic E-state index is 8.94. The van der Waals surface area contributed by atoms with Gasteiger partial charge in [0.2, 0.25) is 0 Å². The van der Waals surface area contributed by atoms with Gasteiger partial charge in [0, 0.05) is 32.2 Å². The number of para-hydroxylation sites is 1. The Kier molecular flexibility index (Phi) is 4.61. The van der Waals surface area contributed by atoms with Crippen LogP contribution in [0.2, 0.25) is 0 Å². The number of benzene rings is 1. The van der Waals surface area contributed by atoms with Gasteiger partial charge in [-0.25, -0.2) is 0 Å². The Labute approximate surface area is 109 Å². The lowest BCUT2D eigenvalue weighted by Crippen LogP contribution is -2.40. The maximum absolute atomic E-state index is 8.94. The first-order valence-corrected chi connectivity index (χ1v) is 6.80. The minimum absolute atomic E-state index is 0.253. The van der Waals surface area contributed by atoms with E-state index in [2.05, 4.69) is 30.9 Å². The summed E-state index contributed by atoms with van der Waals surface area (Å²) in [5, 5.41) is 8.94. The number of hydrogen-bond acceptors (Lipinski definition) is 3. The second kappa shape index (κ2) is 6.21. The molecule has 0 aliphatic carbocycles. The summed E-state index contributed by atoms with van der Waals surface area (Å²) in [5.74, 6) is 1.04. The molecule has 1 heterocycles. The van der Waals surface area contributed by atoms with Crippen molar-refractivity contribution in [2.75, 3.05) is 19.7 Å². The summed E-state index contributed by atoms with van der Waals surface area (Å²) in [6.45, 7) is 6.52. The van der Waals surface area contributed by atoms with E-state index in [1.807, 2.05) is 12.1 Å². The molecule has 0 amide bonds. The Morgan fingerprint density at radius 1 is 1.39 bits per heavy atom. The molecule has 0 saturated carbocycles. The lowest BCUT2D eigenvalue weighted by molar-refractivity contribution is 0.119. The summed E-state index contributed by atoms with van der Waals surface area (Å²) in [6.07, 6.45) is 2.08. The summed E-state index contributed by atoms with van der Waals surface area (Å²) < 4.78 is 5.96. The quantitative estimate of drug-likeness (QED) is 0.838. The normalized spacial score (nSPS) is 18.2. The van der Waals surface area contributed by atoms with Crippen molar-refractivity contribution >= 4 is 0 Å². The van der Waals surface area contributed by atoms with Crippen LogP contribution in [0.25, 0.3) is 0 Å². The van der Waals surface area contributed by atoms with E-state index in [4.69, 9.17) is 9.84 Å². The third-order valence-electron chi connectivity index (χ3n) is 3.49. The molecule has 2 rings (SSSR count). The predicted molar refractivity (Wildman–Crippen MR) is 73.0 cm³/mol. The highest BCUT2D eigenvalue weighted by Crippen LogP contribution is 2.28. The van der Waals surface area contributed by atoms with Crippen LogP contribution in [-0.2, 0) is 6.42 Å². The first-order valence-electron chi connectivity index (χ1n) is 6.80. The Balaban J connectivity index is 1.90. The standard InChI is InChI=1S/C15H23NO2/c1-12(2)16(8-5-9-17)11-14-10-13-6-3-4-7-15(13)18-14/h3-4,6-7,12,14,17H,5,8-11H2,1-2H3. The van der Waals surface area contributed by atoms with Crippen molar-refractivity contribution in [1.82, 2.24) is 4.90 Å². The third kappa shape index (κ3) is 3.24. The van der Waals surface area contributed by atoms with E-state index in [1.54, 1.807) is 0 Å². The molecule has 0 radical (unpaired) electrons. The Bertz CT molecular complexity index is 354. The maximum Gasteiger partial charge on any atom is 0.123 e. The van der Waals surface area contributed by atoms with Crippen LogP contribution in [0.5, 0.6) is 5.75 Å². The number of ether oxygens (including phenoxy) is 1. The molecular formula is C15H23NO2. The lowest BCUT2D eigenvalue weighted by Gasteiger charge is -2.28. The zero-order valence-electron chi connectivity index (χ0n) is 11.3. The molecule has 0 saturated heterocycles. The van der Waals surface area contributed by atoms with Gasteiger partial charge in [-0.1, -0.05) is 18.2 Å². The van der Waals surface area contributed by atoms with Gasteiger partial charge in [0.15, 0.2) is 0 Å². The van der Waals surface area contributed by atoms with Gasteiger partial charge in [-0.05, 0) is 31.9 Å². The molecule has 1 N–H and O–H groups in total. The highest BCUT2D eigenvalue weighted by atomic mass is 16.5. The topological polar surface area (TPSA) is 32.7 Å². The first-order chi connectivity index (χ1) is 8.70. The molecule has 0 spiro atoms. The zero-order chi connectivity index (χ0) is 13.0. The largest absolute Gasteiger partial charge is 0.488 e. The van der Waals surface area contributed by atoms with Gasteiger partial charge in [0.1, 0.15) is 11.9 Å². The van der Waals surface area contributed by atoms with Gasteiger partial charge in [-0.15, -0.1) is 0 Å². The van der Waals surface area contributed by atoms with Gasteiger partial charge < -0.3 is 9.84 Å². The predicted octanol–water partition coefficient (Wildman–Crippen LogP) is 2.08. The number of rotatable bonds is 6. The Hall–Kier alpha value is -1.06. The average molecular weight is 249 g/mol. The minimum atomic E-state index is 0.253. The first kappa shape index (κ1) is 13.4. The second-order valence-corrected chi connectivity index (χ2v) is 5.22.